The zero-order valence-corrected chi connectivity index (χ0v) is 17.3. The molecule has 3 aromatic rings. The molecular weight excluding hydrogens is 374 g/mol. The van der Waals surface area contributed by atoms with Crippen molar-refractivity contribution >= 4 is 5.91 Å². The van der Waals surface area contributed by atoms with E-state index in [9.17, 15) is 4.79 Å². The molecule has 0 aliphatic carbocycles. The van der Waals surface area contributed by atoms with Crippen LogP contribution in [0.25, 0.3) is 11.3 Å². The lowest BCUT2D eigenvalue weighted by atomic mass is 9.90. The molecule has 2 aromatic heterocycles. The maximum atomic E-state index is 12.9. The SMILES string of the molecule is COc1ccc(-c2ccc(C(=O)N3CCC(CCc4ccccc4)CC3)cn2)cn1. The molecule has 1 aliphatic rings. The Hall–Kier alpha value is -3.21. The summed E-state index contributed by atoms with van der Waals surface area (Å²) < 4.78 is 5.09. The Morgan fingerprint density at radius 1 is 1.00 bits per heavy atom. The first-order chi connectivity index (χ1) is 14.7. The second kappa shape index (κ2) is 9.53. The van der Waals surface area contributed by atoms with E-state index >= 15 is 0 Å². The number of amides is 1. The molecule has 4 rings (SSSR count). The van der Waals surface area contributed by atoms with E-state index in [0.29, 0.717) is 17.4 Å². The van der Waals surface area contributed by atoms with Crippen LogP contribution in [0.2, 0.25) is 0 Å². The Bertz CT molecular complexity index is 948. The Kier molecular flexibility index (Phi) is 6.38. The summed E-state index contributed by atoms with van der Waals surface area (Å²) in [5.74, 6) is 1.33. The fraction of sp³-hybridized carbons (Fsp3) is 0.320. The summed E-state index contributed by atoms with van der Waals surface area (Å²) in [6.07, 6.45) is 7.85. The molecule has 1 aromatic carbocycles. The fourth-order valence-corrected chi connectivity index (χ4v) is 3.97. The molecule has 0 spiro atoms. The van der Waals surface area contributed by atoms with Crippen LogP contribution in [-0.4, -0.2) is 41.0 Å². The number of methoxy groups -OCH3 is 1. The number of hydrogen-bond donors (Lipinski definition) is 0. The second-order valence-corrected chi connectivity index (χ2v) is 7.78. The van der Waals surface area contributed by atoms with E-state index in [4.69, 9.17) is 4.74 Å². The van der Waals surface area contributed by atoms with Crippen LogP contribution in [0.3, 0.4) is 0 Å². The Morgan fingerprint density at radius 2 is 1.80 bits per heavy atom. The largest absolute Gasteiger partial charge is 0.481 e. The standard InChI is InChI=1S/C25H27N3O2/c1-30-24-12-10-21(17-27-24)23-11-9-22(18-26-23)25(29)28-15-13-20(14-16-28)8-7-19-5-3-2-4-6-19/h2-6,9-12,17-18,20H,7-8,13-16H2,1H3. The summed E-state index contributed by atoms with van der Waals surface area (Å²) in [5.41, 5.74) is 3.73. The van der Waals surface area contributed by atoms with Gasteiger partial charge in [-0.3, -0.25) is 9.78 Å². The number of hydrogen-bond acceptors (Lipinski definition) is 4. The van der Waals surface area contributed by atoms with E-state index in [0.717, 1.165) is 43.6 Å². The highest BCUT2D eigenvalue weighted by Crippen LogP contribution is 2.24. The molecule has 5 nitrogen and oxygen atoms in total. The Morgan fingerprint density at radius 3 is 2.43 bits per heavy atom. The molecular formula is C25H27N3O2. The van der Waals surface area contributed by atoms with Gasteiger partial charge >= 0.3 is 0 Å². The number of pyridine rings is 2. The van der Waals surface area contributed by atoms with E-state index in [1.165, 1.54) is 12.0 Å². The maximum Gasteiger partial charge on any atom is 0.255 e. The minimum atomic E-state index is 0.0726. The summed E-state index contributed by atoms with van der Waals surface area (Å²) in [4.78, 5) is 23.5. The second-order valence-electron chi connectivity index (χ2n) is 7.78. The monoisotopic (exact) mass is 401 g/mol. The zero-order chi connectivity index (χ0) is 20.8. The fourth-order valence-electron chi connectivity index (χ4n) is 3.97. The molecule has 1 fully saturated rings. The third kappa shape index (κ3) is 4.85. The average molecular weight is 402 g/mol. The van der Waals surface area contributed by atoms with Gasteiger partial charge in [-0.05, 0) is 55.4 Å². The van der Waals surface area contributed by atoms with Crippen LogP contribution in [0.1, 0.15) is 35.2 Å². The number of aryl methyl sites for hydroxylation is 1. The van der Waals surface area contributed by atoms with Gasteiger partial charge in [0, 0.05) is 37.1 Å². The van der Waals surface area contributed by atoms with Crippen molar-refractivity contribution in [2.24, 2.45) is 5.92 Å². The van der Waals surface area contributed by atoms with E-state index < -0.39 is 0 Å². The van der Waals surface area contributed by atoms with Crippen molar-refractivity contribution in [2.75, 3.05) is 20.2 Å². The molecule has 1 amide bonds. The number of benzene rings is 1. The van der Waals surface area contributed by atoms with Crippen LogP contribution in [0.5, 0.6) is 5.88 Å². The van der Waals surface area contributed by atoms with Gasteiger partial charge in [-0.25, -0.2) is 4.98 Å². The van der Waals surface area contributed by atoms with Crippen molar-refractivity contribution in [3.63, 3.8) is 0 Å². The minimum Gasteiger partial charge on any atom is -0.481 e. The number of nitrogens with zero attached hydrogens (tertiary/aromatic N) is 3. The zero-order valence-electron chi connectivity index (χ0n) is 17.3. The number of piperidine rings is 1. The lowest BCUT2D eigenvalue weighted by molar-refractivity contribution is 0.0686. The predicted octanol–water partition coefficient (Wildman–Crippen LogP) is 4.64. The molecule has 0 radical (unpaired) electrons. The third-order valence-corrected chi connectivity index (χ3v) is 5.84. The predicted molar refractivity (Wildman–Crippen MR) is 117 cm³/mol. The molecule has 0 saturated carbocycles. The van der Waals surface area contributed by atoms with Crippen molar-refractivity contribution in [1.29, 1.82) is 0 Å². The maximum absolute atomic E-state index is 12.9. The van der Waals surface area contributed by atoms with Gasteiger partial charge in [0.1, 0.15) is 0 Å². The van der Waals surface area contributed by atoms with Crippen molar-refractivity contribution in [3.05, 3.63) is 78.1 Å². The Labute approximate surface area is 177 Å². The summed E-state index contributed by atoms with van der Waals surface area (Å²) in [6.45, 7) is 1.64. The Balaban J connectivity index is 1.30. The van der Waals surface area contributed by atoms with Crippen LogP contribution >= 0.6 is 0 Å². The number of carbonyl (C=O) groups is 1. The number of rotatable bonds is 6. The van der Waals surface area contributed by atoms with Crippen LogP contribution in [0.15, 0.2) is 67.0 Å². The number of aromatic nitrogens is 2. The van der Waals surface area contributed by atoms with Crippen molar-refractivity contribution < 1.29 is 9.53 Å². The normalized spacial score (nSPS) is 14.5. The summed E-state index contributed by atoms with van der Waals surface area (Å²) in [7, 11) is 1.59. The lowest BCUT2D eigenvalue weighted by Crippen LogP contribution is -2.38. The van der Waals surface area contributed by atoms with Gasteiger partial charge in [0.25, 0.3) is 5.91 Å². The highest BCUT2D eigenvalue weighted by atomic mass is 16.5. The van der Waals surface area contributed by atoms with Crippen LogP contribution < -0.4 is 4.74 Å². The van der Waals surface area contributed by atoms with Crippen LogP contribution in [0.4, 0.5) is 0 Å². The van der Waals surface area contributed by atoms with Gasteiger partial charge in [0.2, 0.25) is 5.88 Å². The van der Waals surface area contributed by atoms with E-state index in [-0.39, 0.29) is 5.91 Å². The van der Waals surface area contributed by atoms with Crippen molar-refractivity contribution in [1.82, 2.24) is 14.9 Å². The average Bonchev–Trinajstić information content (AvgIpc) is 2.83. The molecule has 154 valence electrons. The van der Waals surface area contributed by atoms with Gasteiger partial charge in [0.15, 0.2) is 0 Å². The third-order valence-electron chi connectivity index (χ3n) is 5.84. The van der Waals surface area contributed by atoms with E-state index in [1.807, 2.05) is 23.1 Å². The summed E-state index contributed by atoms with van der Waals surface area (Å²) in [6, 6.07) is 18.1. The molecule has 0 atom stereocenters. The summed E-state index contributed by atoms with van der Waals surface area (Å²) in [5, 5.41) is 0. The highest BCUT2D eigenvalue weighted by Gasteiger charge is 2.23. The van der Waals surface area contributed by atoms with Gasteiger partial charge in [-0.1, -0.05) is 30.3 Å². The highest BCUT2D eigenvalue weighted by molar-refractivity contribution is 5.94. The molecule has 1 aliphatic heterocycles. The minimum absolute atomic E-state index is 0.0726. The topological polar surface area (TPSA) is 55.3 Å². The van der Waals surface area contributed by atoms with Crippen LogP contribution in [-0.2, 0) is 6.42 Å². The molecule has 3 heterocycles. The molecule has 1 saturated heterocycles. The molecule has 30 heavy (non-hydrogen) atoms. The quantitative estimate of drug-likeness (QED) is 0.604. The smallest absolute Gasteiger partial charge is 0.255 e. The van der Waals surface area contributed by atoms with E-state index in [1.54, 1.807) is 25.6 Å². The molecule has 5 heteroatoms. The van der Waals surface area contributed by atoms with Gasteiger partial charge < -0.3 is 9.64 Å². The van der Waals surface area contributed by atoms with E-state index in [2.05, 4.69) is 40.3 Å². The first kappa shape index (κ1) is 20.1. The number of carbonyl (C=O) groups excluding carboxylic acids is 1. The lowest BCUT2D eigenvalue weighted by Gasteiger charge is -2.32. The number of ether oxygens (including phenoxy) is 1. The molecule has 0 bridgehead atoms. The molecule has 0 N–H and O–H groups in total. The van der Waals surface area contributed by atoms with Gasteiger partial charge in [-0.2, -0.15) is 0 Å². The van der Waals surface area contributed by atoms with Crippen molar-refractivity contribution in [2.45, 2.75) is 25.7 Å². The van der Waals surface area contributed by atoms with Crippen LogP contribution in [0, 0.1) is 5.92 Å². The molecule has 0 unspecified atom stereocenters. The van der Waals surface area contributed by atoms with Gasteiger partial charge in [-0.15, -0.1) is 0 Å². The summed E-state index contributed by atoms with van der Waals surface area (Å²) >= 11 is 0. The first-order valence-electron chi connectivity index (χ1n) is 10.5. The number of likely N-dealkylation sites (tertiary alicyclic amines) is 1. The first-order valence-corrected chi connectivity index (χ1v) is 10.5. The van der Waals surface area contributed by atoms with Gasteiger partial charge in [0.05, 0.1) is 18.4 Å². The van der Waals surface area contributed by atoms with Crippen molar-refractivity contribution in [3.8, 4) is 17.1 Å².